The third kappa shape index (κ3) is 3.04. The van der Waals surface area contributed by atoms with Gasteiger partial charge in [-0.25, -0.2) is 0 Å². The van der Waals surface area contributed by atoms with E-state index in [4.69, 9.17) is 5.11 Å². The molecule has 0 radical (unpaired) electrons. The van der Waals surface area contributed by atoms with Crippen molar-refractivity contribution < 1.29 is 5.11 Å². The van der Waals surface area contributed by atoms with Gasteiger partial charge in [0.25, 0.3) is 0 Å². The van der Waals surface area contributed by atoms with Gasteiger partial charge in [0.15, 0.2) is 0 Å². The Morgan fingerprint density at radius 3 is 2.88 bits per heavy atom. The monoisotopic (exact) mass is 220 g/mol. The first-order valence-electron chi connectivity index (χ1n) is 5.99. The van der Waals surface area contributed by atoms with Crippen LogP contribution in [-0.2, 0) is 6.54 Å². The summed E-state index contributed by atoms with van der Waals surface area (Å²) in [7, 11) is 0. The van der Waals surface area contributed by atoms with Gasteiger partial charge in [0.2, 0.25) is 0 Å². The van der Waals surface area contributed by atoms with Gasteiger partial charge in [-0.05, 0) is 12.0 Å². The quantitative estimate of drug-likeness (QED) is 0.789. The van der Waals surface area contributed by atoms with Gasteiger partial charge >= 0.3 is 0 Å². The van der Waals surface area contributed by atoms with Crippen LogP contribution in [0.5, 0.6) is 0 Å². The normalized spacial score (nSPS) is 22.2. The summed E-state index contributed by atoms with van der Waals surface area (Å²) in [6, 6.07) is 11.0. The highest BCUT2D eigenvalue weighted by Gasteiger charge is 2.21. The molecule has 16 heavy (non-hydrogen) atoms. The fourth-order valence-electron chi connectivity index (χ4n) is 2.26. The van der Waals surface area contributed by atoms with Crippen molar-refractivity contribution in [1.29, 1.82) is 0 Å². The second kappa shape index (κ2) is 5.99. The number of hydrogen-bond acceptors (Lipinski definition) is 3. The minimum absolute atomic E-state index is 0.275. The first-order valence-corrected chi connectivity index (χ1v) is 5.99. The molecular formula is C13H20N2O. The maximum absolute atomic E-state index is 9.05. The van der Waals surface area contributed by atoms with E-state index in [1.54, 1.807) is 0 Å². The van der Waals surface area contributed by atoms with Crippen molar-refractivity contribution in [1.82, 2.24) is 10.2 Å². The Labute approximate surface area is 97.1 Å². The molecule has 1 aromatic carbocycles. The molecule has 3 nitrogen and oxygen atoms in total. The highest BCUT2D eigenvalue weighted by Crippen LogP contribution is 2.12. The molecule has 0 aromatic heterocycles. The summed E-state index contributed by atoms with van der Waals surface area (Å²) in [6.07, 6.45) is 0.861. The van der Waals surface area contributed by atoms with Gasteiger partial charge in [-0.2, -0.15) is 0 Å². The number of nitrogens with zero attached hydrogens (tertiary/aromatic N) is 1. The lowest BCUT2D eigenvalue weighted by Gasteiger charge is -2.36. The van der Waals surface area contributed by atoms with Crippen LogP contribution in [0.25, 0.3) is 0 Å². The van der Waals surface area contributed by atoms with Crippen molar-refractivity contribution >= 4 is 0 Å². The van der Waals surface area contributed by atoms with E-state index in [2.05, 4.69) is 34.5 Å². The fraction of sp³-hybridized carbons (Fsp3) is 0.538. The molecule has 1 heterocycles. The molecule has 1 aromatic rings. The fourth-order valence-corrected chi connectivity index (χ4v) is 2.26. The third-order valence-electron chi connectivity index (χ3n) is 3.16. The Bertz CT molecular complexity index is 300. The van der Waals surface area contributed by atoms with Crippen molar-refractivity contribution in [2.45, 2.75) is 19.0 Å². The van der Waals surface area contributed by atoms with Crippen LogP contribution in [0, 0.1) is 0 Å². The second-order valence-corrected chi connectivity index (χ2v) is 4.33. The molecular weight excluding hydrogens is 200 g/mol. The lowest BCUT2D eigenvalue weighted by atomic mass is 10.1. The van der Waals surface area contributed by atoms with E-state index >= 15 is 0 Å². The Kier molecular flexibility index (Phi) is 4.34. The molecule has 1 aliphatic heterocycles. The minimum Gasteiger partial charge on any atom is -0.396 e. The van der Waals surface area contributed by atoms with E-state index in [0.717, 1.165) is 32.6 Å². The molecule has 1 atom stereocenters. The van der Waals surface area contributed by atoms with E-state index in [1.807, 2.05) is 6.07 Å². The van der Waals surface area contributed by atoms with Gasteiger partial charge < -0.3 is 10.4 Å². The standard InChI is InChI=1S/C13H20N2O/c16-9-6-13-10-14-7-8-15(13)11-12-4-2-1-3-5-12/h1-5,13-14,16H,6-11H2/t13-/m1/s1. The molecule has 3 heteroatoms. The summed E-state index contributed by atoms with van der Waals surface area (Å²) < 4.78 is 0. The third-order valence-corrected chi connectivity index (χ3v) is 3.16. The summed E-state index contributed by atoms with van der Waals surface area (Å²) in [5.74, 6) is 0. The molecule has 2 rings (SSSR count). The molecule has 2 N–H and O–H groups in total. The van der Waals surface area contributed by atoms with E-state index < -0.39 is 0 Å². The van der Waals surface area contributed by atoms with Gasteiger partial charge in [0.1, 0.15) is 0 Å². The summed E-state index contributed by atoms with van der Waals surface area (Å²) in [6.45, 7) is 4.38. The molecule has 0 aliphatic carbocycles. The van der Waals surface area contributed by atoms with Crippen LogP contribution >= 0.6 is 0 Å². The molecule has 1 fully saturated rings. The van der Waals surface area contributed by atoms with Crippen molar-refractivity contribution in [3.63, 3.8) is 0 Å². The molecule has 1 aliphatic rings. The Hall–Kier alpha value is -0.900. The van der Waals surface area contributed by atoms with Crippen molar-refractivity contribution in [2.24, 2.45) is 0 Å². The van der Waals surface area contributed by atoms with Gasteiger partial charge in [-0.3, -0.25) is 4.90 Å². The molecule has 88 valence electrons. The minimum atomic E-state index is 0.275. The highest BCUT2D eigenvalue weighted by molar-refractivity contribution is 5.14. The first-order chi connectivity index (χ1) is 7.90. The van der Waals surface area contributed by atoms with Crippen LogP contribution in [0.15, 0.2) is 30.3 Å². The number of piperazine rings is 1. The topological polar surface area (TPSA) is 35.5 Å². The predicted molar refractivity (Wildman–Crippen MR) is 65.2 cm³/mol. The van der Waals surface area contributed by atoms with E-state index in [0.29, 0.717) is 6.04 Å². The smallest absolute Gasteiger partial charge is 0.0446 e. The maximum Gasteiger partial charge on any atom is 0.0446 e. The number of nitrogens with one attached hydrogen (secondary N) is 1. The zero-order valence-electron chi connectivity index (χ0n) is 9.60. The van der Waals surface area contributed by atoms with Crippen LogP contribution in [0.2, 0.25) is 0 Å². The molecule has 1 saturated heterocycles. The molecule has 0 bridgehead atoms. The Morgan fingerprint density at radius 1 is 1.31 bits per heavy atom. The SMILES string of the molecule is OCC[C@@H]1CNCCN1Cc1ccccc1. The molecule has 0 amide bonds. The van der Waals surface area contributed by atoms with Crippen LogP contribution < -0.4 is 5.32 Å². The van der Waals surface area contributed by atoms with Crippen molar-refractivity contribution in [3.05, 3.63) is 35.9 Å². The number of rotatable bonds is 4. The Morgan fingerprint density at radius 2 is 2.12 bits per heavy atom. The van der Waals surface area contributed by atoms with Crippen LogP contribution in [-0.4, -0.2) is 42.3 Å². The summed E-state index contributed by atoms with van der Waals surface area (Å²) >= 11 is 0. The number of hydrogen-bond donors (Lipinski definition) is 2. The molecule has 0 spiro atoms. The van der Waals surface area contributed by atoms with E-state index in [1.165, 1.54) is 5.56 Å². The zero-order chi connectivity index (χ0) is 11.2. The summed E-state index contributed by atoms with van der Waals surface area (Å²) in [4.78, 5) is 2.46. The summed E-state index contributed by atoms with van der Waals surface area (Å²) in [5.41, 5.74) is 1.35. The van der Waals surface area contributed by atoms with Gasteiger partial charge in [-0.1, -0.05) is 30.3 Å². The average molecular weight is 220 g/mol. The van der Waals surface area contributed by atoms with Gasteiger partial charge in [-0.15, -0.1) is 0 Å². The second-order valence-electron chi connectivity index (χ2n) is 4.33. The largest absolute Gasteiger partial charge is 0.396 e. The average Bonchev–Trinajstić information content (AvgIpc) is 2.33. The predicted octanol–water partition coefficient (Wildman–Crippen LogP) is 0.843. The molecule has 0 unspecified atom stereocenters. The first kappa shape index (κ1) is 11.6. The van der Waals surface area contributed by atoms with Gasteiger partial charge in [0.05, 0.1) is 0 Å². The number of aliphatic hydroxyl groups is 1. The molecule has 0 saturated carbocycles. The van der Waals surface area contributed by atoms with Gasteiger partial charge in [0, 0.05) is 38.8 Å². The van der Waals surface area contributed by atoms with Crippen LogP contribution in [0.4, 0.5) is 0 Å². The van der Waals surface area contributed by atoms with Crippen molar-refractivity contribution in [2.75, 3.05) is 26.2 Å². The number of aliphatic hydroxyl groups excluding tert-OH is 1. The highest BCUT2D eigenvalue weighted by atomic mass is 16.3. The maximum atomic E-state index is 9.05. The Balaban J connectivity index is 1.96. The zero-order valence-corrected chi connectivity index (χ0v) is 9.60. The number of benzene rings is 1. The van der Waals surface area contributed by atoms with Crippen molar-refractivity contribution in [3.8, 4) is 0 Å². The lowest BCUT2D eigenvalue weighted by molar-refractivity contribution is 0.123. The van der Waals surface area contributed by atoms with Crippen LogP contribution in [0.3, 0.4) is 0 Å². The van der Waals surface area contributed by atoms with Crippen LogP contribution in [0.1, 0.15) is 12.0 Å². The summed E-state index contributed by atoms with van der Waals surface area (Å²) in [5, 5.41) is 12.4. The lowest BCUT2D eigenvalue weighted by Crippen LogP contribution is -2.51. The van der Waals surface area contributed by atoms with E-state index in [-0.39, 0.29) is 6.61 Å². The van der Waals surface area contributed by atoms with E-state index in [9.17, 15) is 0 Å².